The van der Waals surface area contributed by atoms with Crippen molar-refractivity contribution >= 4 is 34.1 Å². The van der Waals surface area contributed by atoms with E-state index in [0.717, 1.165) is 0 Å². The van der Waals surface area contributed by atoms with E-state index in [1.807, 2.05) is 28.7 Å². The maximum Gasteiger partial charge on any atom is 0.160 e. The topological polar surface area (TPSA) is 66.9 Å². The van der Waals surface area contributed by atoms with Gasteiger partial charge in [0.15, 0.2) is 5.78 Å². The zero-order valence-electron chi connectivity index (χ0n) is 6.97. The van der Waals surface area contributed by atoms with Crippen LogP contribution in [-0.4, -0.2) is 5.78 Å². The molecule has 0 aliphatic heterocycles. The first-order valence-corrected chi connectivity index (χ1v) is 4.64. The normalized spacial score (nSPS) is 9.31. The molecule has 0 fully saturated rings. The summed E-state index contributed by atoms with van der Waals surface area (Å²) in [6.45, 7) is 1.46. The molecule has 0 amide bonds. The van der Waals surface area contributed by atoms with Gasteiger partial charge >= 0.3 is 0 Å². The first-order valence-electron chi connectivity index (χ1n) is 3.56. The number of Topliss-reactive ketones (excluding diaryl/α,β-unsaturated/α-hetero) is 1. The number of anilines is 1. The highest BCUT2D eigenvalue weighted by atomic mass is 127. The van der Waals surface area contributed by atoms with E-state index in [-0.39, 0.29) is 5.78 Å². The monoisotopic (exact) mass is 286 g/mol. The molecule has 0 saturated heterocycles. The van der Waals surface area contributed by atoms with E-state index in [1.165, 1.54) is 6.92 Å². The van der Waals surface area contributed by atoms with Crippen LogP contribution in [-0.2, 0) is 0 Å². The Balaban J connectivity index is 3.47. The Hall–Kier alpha value is -1.09. The van der Waals surface area contributed by atoms with Crippen LogP contribution in [0.5, 0.6) is 0 Å². The van der Waals surface area contributed by atoms with Gasteiger partial charge in [0.05, 0.1) is 5.56 Å². The van der Waals surface area contributed by atoms with Gasteiger partial charge in [-0.25, -0.2) is 0 Å². The zero-order valence-corrected chi connectivity index (χ0v) is 9.12. The molecule has 0 aromatic heterocycles. The van der Waals surface area contributed by atoms with Crippen LogP contribution in [0.3, 0.4) is 0 Å². The van der Waals surface area contributed by atoms with Gasteiger partial charge in [-0.2, -0.15) is 5.26 Å². The van der Waals surface area contributed by atoms with Gasteiger partial charge in [0.25, 0.3) is 0 Å². The number of benzene rings is 1. The number of hydrogen-bond donors (Lipinski definition) is 1. The Morgan fingerprint density at radius 2 is 2.23 bits per heavy atom. The fourth-order valence-electron chi connectivity index (χ4n) is 0.984. The molecular weight excluding hydrogens is 279 g/mol. The Labute approximate surface area is 89.7 Å². The lowest BCUT2D eigenvalue weighted by Crippen LogP contribution is -2.00. The lowest BCUT2D eigenvalue weighted by molar-refractivity contribution is 0.101. The summed E-state index contributed by atoms with van der Waals surface area (Å²) in [5.74, 6) is -0.0757. The largest absolute Gasteiger partial charge is 0.399 e. The van der Waals surface area contributed by atoms with Crippen molar-refractivity contribution in [2.75, 3.05) is 5.73 Å². The third kappa shape index (κ3) is 1.98. The molecule has 0 saturated carbocycles. The first kappa shape index (κ1) is 9.99. The zero-order chi connectivity index (χ0) is 10.0. The van der Waals surface area contributed by atoms with Crippen LogP contribution < -0.4 is 5.73 Å². The van der Waals surface area contributed by atoms with E-state index in [0.29, 0.717) is 20.4 Å². The van der Waals surface area contributed by atoms with E-state index in [2.05, 4.69) is 0 Å². The van der Waals surface area contributed by atoms with Crippen molar-refractivity contribution in [1.29, 1.82) is 5.26 Å². The van der Waals surface area contributed by atoms with Gasteiger partial charge in [0, 0.05) is 14.8 Å². The third-order valence-electron chi connectivity index (χ3n) is 1.59. The number of carbonyl (C=O) groups is 1. The average molecular weight is 286 g/mol. The molecule has 0 atom stereocenters. The number of nitrogen functional groups attached to an aromatic ring is 1. The molecule has 0 aliphatic rings. The third-order valence-corrected chi connectivity index (χ3v) is 2.76. The molecule has 4 heteroatoms. The molecule has 0 aliphatic carbocycles. The van der Waals surface area contributed by atoms with E-state index < -0.39 is 0 Å². The lowest BCUT2D eigenvalue weighted by Gasteiger charge is -2.03. The molecule has 66 valence electrons. The highest BCUT2D eigenvalue weighted by Gasteiger charge is 2.10. The highest BCUT2D eigenvalue weighted by Crippen LogP contribution is 2.21. The van der Waals surface area contributed by atoms with Crippen LogP contribution in [0.15, 0.2) is 12.1 Å². The molecule has 0 radical (unpaired) electrons. The Kier molecular flexibility index (Phi) is 2.88. The van der Waals surface area contributed by atoms with Gasteiger partial charge in [0.1, 0.15) is 6.07 Å². The number of ketones is 1. The van der Waals surface area contributed by atoms with Crippen LogP contribution in [0.2, 0.25) is 0 Å². The molecule has 0 spiro atoms. The number of carbonyl (C=O) groups excluding carboxylic acids is 1. The van der Waals surface area contributed by atoms with Crippen LogP contribution in [0, 0.1) is 14.9 Å². The summed E-state index contributed by atoms with van der Waals surface area (Å²) < 4.78 is 0.668. The van der Waals surface area contributed by atoms with Crippen molar-refractivity contribution in [1.82, 2.24) is 0 Å². The van der Waals surface area contributed by atoms with Crippen LogP contribution >= 0.6 is 22.6 Å². The van der Waals surface area contributed by atoms with Crippen LogP contribution in [0.1, 0.15) is 22.8 Å². The summed E-state index contributed by atoms with van der Waals surface area (Å²) in [7, 11) is 0. The van der Waals surface area contributed by atoms with E-state index in [1.54, 1.807) is 12.1 Å². The highest BCUT2D eigenvalue weighted by molar-refractivity contribution is 14.1. The first-order chi connectivity index (χ1) is 6.06. The maximum absolute atomic E-state index is 11.1. The minimum absolute atomic E-state index is 0.0757. The van der Waals surface area contributed by atoms with Crippen molar-refractivity contribution in [3.63, 3.8) is 0 Å². The number of nitrogens with zero attached hydrogens (tertiary/aromatic N) is 1. The Morgan fingerprint density at radius 1 is 1.62 bits per heavy atom. The van der Waals surface area contributed by atoms with Crippen molar-refractivity contribution in [3.8, 4) is 6.07 Å². The van der Waals surface area contributed by atoms with Gasteiger partial charge < -0.3 is 5.73 Å². The predicted octanol–water partition coefficient (Wildman–Crippen LogP) is 1.95. The molecule has 3 nitrogen and oxygen atoms in total. The fourth-order valence-corrected chi connectivity index (χ4v) is 1.80. The van der Waals surface area contributed by atoms with Gasteiger partial charge in [-0.1, -0.05) is 0 Å². The van der Waals surface area contributed by atoms with Crippen molar-refractivity contribution in [3.05, 3.63) is 26.8 Å². The average Bonchev–Trinajstić information content (AvgIpc) is 2.08. The summed E-state index contributed by atoms with van der Waals surface area (Å²) in [5.41, 5.74) is 6.94. The second kappa shape index (κ2) is 3.75. The molecule has 0 heterocycles. The van der Waals surface area contributed by atoms with Gasteiger partial charge in [-0.15, -0.1) is 0 Å². The van der Waals surface area contributed by atoms with Gasteiger partial charge in [-0.3, -0.25) is 4.79 Å². The minimum atomic E-state index is -0.0757. The second-order valence-corrected chi connectivity index (χ2v) is 3.68. The number of rotatable bonds is 1. The molecule has 0 unspecified atom stereocenters. The SMILES string of the molecule is CC(=O)c1cc(N)cc(C#N)c1I. The van der Waals surface area contributed by atoms with Crippen molar-refractivity contribution in [2.24, 2.45) is 0 Å². The quantitative estimate of drug-likeness (QED) is 0.487. The van der Waals surface area contributed by atoms with Crippen molar-refractivity contribution in [2.45, 2.75) is 6.92 Å². The van der Waals surface area contributed by atoms with Crippen LogP contribution in [0.4, 0.5) is 5.69 Å². The molecule has 1 aromatic rings. The summed E-state index contributed by atoms with van der Waals surface area (Å²) in [4.78, 5) is 11.1. The van der Waals surface area contributed by atoms with Crippen LogP contribution in [0.25, 0.3) is 0 Å². The molecule has 0 bridgehead atoms. The molecule has 1 aromatic carbocycles. The lowest BCUT2D eigenvalue weighted by atomic mass is 10.1. The second-order valence-electron chi connectivity index (χ2n) is 2.60. The van der Waals surface area contributed by atoms with Gasteiger partial charge in [-0.05, 0) is 41.6 Å². The maximum atomic E-state index is 11.1. The molecule has 1 rings (SSSR count). The molecule has 2 N–H and O–H groups in total. The summed E-state index contributed by atoms with van der Waals surface area (Å²) in [6, 6.07) is 5.14. The fraction of sp³-hybridized carbons (Fsp3) is 0.111. The predicted molar refractivity (Wildman–Crippen MR) is 58.3 cm³/mol. The molecular formula is C9H7IN2O. The Bertz CT molecular complexity index is 407. The van der Waals surface area contributed by atoms with Gasteiger partial charge in [0.2, 0.25) is 0 Å². The summed E-state index contributed by atoms with van der Waals surface area (Å²) in [6.07, 6.45) is 0. The standard InChI is InChI=1S/C9H7IN2O/c1-5(13)8-3-7(12)2-6(4-11)9(8)10/h2-3H,12H2,1H3. The van der Waals surface area contributed by atoms with E-state index in [4.69, 9.17) is 11.0 Å². The van der Waals surface area contributed by atoms with E-state index >= 15 is 0 Å². The number of nitrogens with two attached hydrogens (primary N) is 1. The number of nitriles is 1. The number of halogens is 1. The summed E-state index contributed by atoms with van der Waals surface area (Å²) in [5, 5.41) is 8.73. The number of hydrogen-bond acceptors (Lipinski definition) is 3. The minimum Gasteiger partial charge on any atom is -0.399 e. The van der Waals surface area contributed by atoms with E-state index in [9.17, 15) is 4.79 Å². The van der Waals surface area contributed by atoms with Crippen molar-refractivity contribution < 1.29 is 4.79 Å². The summed E-state index contributed by atoms with van der Waals surface area (Å²) >= 11 is 1.97. The Morgan fingerprint density at radius 3 is 2.69 bits per heavy atom. The smallest absolute Gasteiger partial charge is 0.160 e. The molecule has 13 heavy (non-hydrogen) atoms.